The molecule has 1 spiro atoms. The van der Waals surface area contributed by atoms with Gasteiger partial charge in [0.05, 0.1) is 16.9 Å². The first-order valence-electron chi connectivity index (χ1n) is 8.58. The summed E-state index contributed by atoms with van der Waals surface area (Å²) >= 11 is 9.70. The van der Waals surface area contributed by atoms with Gasteiger partial charge in [-0.05, 0) is 48.5 Å². The number of carbonyl (C=O) groups excluding carboxylic acids is 1. The Kier molecular flexibility index (Phi) is 3.92. The van der Waals surface area contributed by atoms with E-state index in [1.165, 1.54) is 0 Å². The summed E-state index contributed by atoms with van der Waals surface area (Å²) in [5.41, 5.74) is 1.35. The lowest BCUT2D eigenvalue weighted by molar-refractivity contribution is -0.130. The topological polar surface area (TPSA) is 53.9 Å². The normalized spacial score (nSPS) is 20.0. The molecule has 2 heterocycles. The van der Waals surface area contributed by atoms with Gasteiger partial charge in [-0.2, -0.15) is 0 Å². The highest BCUT2D eigenvalue weighted by molar-refractivity contribution is 9.10. The average Bonchev–Trinajstić information content (AvgIpc) is 3.23. The Balaban J connectivity index is 1.73. The van der Waals surface area contributed by atoms with Crippen LogP contribution in [0.4, 0.5) is 11.4 Å². The fraction of sp³-hybridized carbons (Fsp3) is 0.0476. The molecule has 2 aliphatic rings. The van der Waals surface area contributed by atoms with E-state index < -0.39 is 5.72 Å². The molecule has 0 aromatic heterocycles. The van der Waals surface area contributed by atoms with Crippen LogP contribution < -0.4 is 10.3 Å². The Hall–Kier alpha value is -2.83. The molecule has 5 nitrogen and oxygen atoms in total. The molecule has 0 fully saturated rings. The van der Waals surface area contributed by atoms with Crippen LogP contribution >= 0.6 is 27.5 Å². The number of nitrogens with zero attached hydrogens (tertiary/aromatic N) is 2. The predicted molar refractivity (Wildman–Crippen MR) is 112 cm³/mol. The van der Waals surface area contributed by atoms with E-state index in [1.807, 2.05) is 60.7 Å². The van der Waals surface area contributed by atoms with Gasteiger partial charge < -0.3 is 10.1 Å². The zero-order chi connectivity index (χ0) is 19.3. The molecule has 0 aliphatic carbocycles. The van der Waals surface area contributed by atoms with Crippen LogP contribution in [0.5, 0.6) is 0 Å². The minimum atomic E-state index is -1.45. The average molecular weight is 455 g/mol. The molecule has 1 atom stereocenters. The van der Waals surface area contributed by atoms with Crippen molar-refractivity contribution in [2.24, 2.45) is 5.10 Å². The molecular formula is C21H13BrClN3O2. The lowest BCUT2D eigenvalue weighted by atomic mass is 10.0. The summed E-state index contributed by atoms with van der Waals surface area (Å²) in [6.45, 7) is 0. The second-order valence-corrected chi connectivity index (χ2v) is 7.81. The summed E-state index contributed by atoms with van der Waals surface area (Å²) in [7, 11) is 0. The van der Waals surface area contributed by atoms with Gasteiger partial charge in [-0.15, -0.1) is 5.10 Å². The SMILES string of the molecule is O=C1Nc2ccc(Br)cc2C12OC(c1ccccc1)=NN2c1cccc(Cl)c1. The smallest absolute Gasteiger partial charge is 0.311 e. The highest BCUT2D eigenvalue weighted by atomic mass is 79.9. The van der Waals surface area contributed by atoms with Gasteiger partial charge in [0, 0.05) is 15.1 Å². The summed E-state index contributed by atoms with van der Waals surface area (Å²) < 4.78 is 7.13. The molecule has 3 aromatic carbocycles. The van der Waals surface area contributed by atoms with Gasteiger partial charge in [-0.3, -0.25) is 4.79 Å². The van der Waals surface area contributed by atoms with Crippen LogP contribution in [0.1, 0.15) is 11.1 Å². The maximum absolute atomic E-state index is 13.2. The Morgan fingerprint density at radius 2 is 1.86 bits per heavy atom. The highest BCUT2D eigenvalue weighted by Gasteiger charge is 2.59. The quantitative estimate of drug-likeness (QED) is 0.586. The third-order valence-electron chi connectivity index (χ3n) is 4.71. The largest absolute Gasteiger partial charge is 0.433 e. The van der Waals surface area contributed by atoms with Crippen molar-refractivity contribution in [2.75, 3.05) is 10.3 Å². The fourth-order valence-corrected chi connectivity index (χ4v) is 4.00. The number of fused-ring (bicyclic) bond motifs is 2. The number of benzene rings is 3. The number of anilines is 2. The number of rotatable bonds is 2. The van der Waals surface area contributed by atoms with E-state index >= 15 is 0 Å². The lowest BCUT2D eigenvalue weighted by Gasteiger charge is -2.30. The second-order valence-electron chi connectivity index (χ2n) is 6.45. The van der Waals surface area contributed by atoms with Crippen LogP contribution in [0.15, 0.2) is 82.4 Å². The molecule has 28 heavy (non-hydrogen) atoms. The molecule has 7 heteroatoms. The molecule has 1 N–H and O–H groups in total. The Bertz CT molecular complexity index is 1140. The van der Waals surface area contributed by atoms with Gasteiger partial charge in [-0.1, -0.05) is 51.8 Å². The standard InChI is InChI=1S/C21H13BrClN3O2/c22-14-9-10-18-17(11-14)21(20(27)24-18)26(16-8-4-7-15(23)12-16)25-19(28-21)13-5-2-1-3-6-13/h1-12H,(H,24,27). The van der Waals surface area contributed by atoms with Crippen LogP contribution in [-0.2, 0) is 15.3 Å². The zero-order valence-corrected chi connectivity index (χ0v) is 16.7. The van der Waals surface area contributed by atoms with Crippen molar-refractivity contribution in [3.63, 3.8) is 0 Å². The number of ether oxygens (including phenoxy) is 1. The molecule has 3 aromatic rings. The second kappa shape index (κ2) is 6.36. The molecular weight excluding hydrogens is 442 g/mol. The van der Waals surface area contributed by atoms with Crippen LogP contribution in [0.25, 0.3) is 0 Å². The zero-order valence-electron chi connectivity index (χ0n) is 14.4. The van der Waals surface area contributed by atoms with Crippen LogP contribution in [0, 0.1) is 0 Å². The van der Waals surface area contributed by atoms with E-state index in [1.54, 1.807) is 17.1 Å². The van der Waals surface area contributed by atoms with Crippen LogP contribution in [0.2, 0.25) is 5.02 Å². The van der Waals surface area contributed by atoms with Gasteiger partial charge in [0.2, 0.25) is 5.90 Å². The van der Waals surface area contributed by atoms with E-state index in [0.717, 1.165) is 10.0 Å². The minimum Gasteiger partial charge on any atom is -0.433 e. The highest BCUT2D eigenvalue weighted by Crippen LogP contribution is 2.48. The van der Waals surface area contributed by atoms with Gasteiger partial charge >= 0.3 is 5.72 Å². The number of nitrogens with one attached hydrogen (secondary N) is 1. The maximum atomic E-state index is 13.2. The van der Waals surface area contributed by atoms with E-state index in [4.69, 9.17) is 16.3 Å². The van der Waals surface area contributed by atoms with Gasteiger partial charge in [-0.25, -0.2) is 5.01 Å². The van der Waals surface area contributed by atoms with Crippen molar-refractivity contribution in [3.8, 4) is 0 Å². The number of hydrogen-bond donors (Lipinski definition) is 1. The van der Waals surface area contributed by atoms with Crippen molar-refractivity contribution in [1.29, 1.82) is 0 Å². The van der Waals surface area contributed by atoms with Gasteiger partial charge in [0.15, 0.2) is 0 Å². The van der Waals surface area contributed by atoms with Crippen molar-refractivity contribution < 1.29 is 9.53 Å². The van der Waals surface area contributed by atoms with Crippen LogP contribution in [0.3, 0.4) is 0 Å². The molecule has 138 valence electrons. The molecule has 1 unspecified atom stereocenters. The minimum absolute atomic E-state index is 0.310. The summed E-state index contributed by atoms with van der Waals surface area (Å²) in [6, 6.07) is 22.3. The number of amides is 1. The number of hydrogen-bond acceptors (Lipinski definition) is 4. The summed E-state index contributed by atoms with van der Waals surface area (Å²) in [4.78, 5) is 13.2. The van der Waals surface area contributed by atoms with Crippen molar-refractivity contribution in [3.05, 3.63) is 93.4 Å². The number of hydrazone groups is 1. The monoisotopic (exact) mass is 453 g/mol. The molecule has 0 saturated carbocycles. The third-order valence-corrected chi connectivity index (χ3v) is 5.44. The van der Waals surface area contributed by atoms with Gasteiger partial charge in [0.25, 0.3) is 5.91 Å². The van der Waals surface area contributed by atoms with Crippen molar-refractivity contribution in [2.45, 2.75) is 5.72 Å². The summed E-state index contributed by atoms with van der Waals surface area (Å²) in [5, 5.41) is 9.73. The predicted octanol–water partition coefficient (Wildman–Crippen LogP) is 5.11. The molecule has 5 rings (SSSR count). The first kappa shape index (κ1) is 17.3. The Morgan fingerprint density at radius 3 is 2.64 bits per heavy atom. The Morgan fingerprint density at radius 1 is 1.04 bits per heavy atom. The van der Waals surface area contributed by atoms with Crippen LogP contribution in [-0.4, -0.2) is 11.8 Å². The molecule has 0 saturated heterocycles. The molecule has 1 amide bonds. The first-order valence-corrected chi connectivity index (χ1v) is 9.75. The number of carbonyl (C=O) groups is 1. The van der Waals surface area contributed by atoms with E-state index in [2.05, 4.69) is 26.3 Å². The maximum Gasteiger partial charge on any atom is 0.311 e. The van der Waals surface area contributed by atoms with Gasteiger partial charge in [0.1, 0.15) is 0 Å². The molecule has 0 bridgehead atoms. The lowest BCUT2D eigenvalue weighted by Crippen LogP contribution is -2.47. The van der Waals surface area contributed by atoms with E-state index in [-0.39, 0.29) is 5.91 Å². The van der Waals surface area contributed by atoms with E-state index in [9.17, 15) is 4.79 Å². The summed E-state index contributed by atoms with van der Waals surface area (Å²) in [6.07, 6.45) is 0. The number of halogens is 2. The Labute approximate surface area is 174 Å². The first-order chi connectivity index (χ1) is 13.6. The fourth-order valence-electron chi connectivity index (χ4n) is 3.46. The van der Waals surface area contributed by atoms with Crippen molar-refractivity contribution >= 4 is 50.7 Å². The third kappa shape index (κ3) is 2.52. The van der Waals surface area contributed by atoms with Crippen molar-refractivity contribution in [1.82, 2.24) is 0 Å². The molecule has 0 radical (unpaired) electrons. The molecule has 2 aliphatic heterocycles. The summed E-state index contributed by atoms with van der Waals surface area (Å²) in [5.74, 6) is 0.0545. The van der Waals surface area contributed by atoms with E-state index in [0.29, 0.717) is 27.9 Å².